The van der Waals surface area contributed by atoms with E-state index in [-0.39, 0.29) is 0 Å². The molecule has 0 atom stereocenters. The van der Waals surface area contributed by atoms with Crippen molar-refractivity contribution >= 4 is 53.0 Å². The molecule has 0 radical (unpaired) electrons. The fraction of sp³-hybridized carbons (Fsp3) is 0.467. The lowest BCUT2D eigenvalue weighted by Gasteiger charge is -2.24. The number of hydrogen-bond acceptors (Lipinski definition) is 1. The number of aryl methyl sites for hydroxylation is 4. The van der Waals surface area contributed by atoms with Crippen molar-refractivity contribution in [3.8, 4) is 0 Å². The molecule has 0 aliphatic heterocycles. The zero-order chi connectivity index (χ0) is 36.7. The lowest BCUT2D eigenvalue weighted by Crippen LogP contribution is -2.45. The first-order chi connectivity index (χ1) is 23.3. The Morgan fingerprint density at radius 3 is 1.02 bits per heavy atom. The van der Waals surface area contributed by atoms with Crippen molar-refractivity contribution in [2.45, 2.75) is 130 Å². The third-order valence-corrected chi connectivity index (χ3v) is 18.2. The van der Waals surface area contributed by atoms with Gasteiger partial charge in [0, 0.05) is 0 Å². The Morgan fingerprint density at radius 2 is 0.680 bits per heavy atom. The Bertz CT molecular complexity index is 1520. The predicted octanol–water partition coefficient (Wildman–Crippen LogP) is 9.98. The van der Waals surface area contributed by atoms with Crippen LogP contribution in [0.5, 0.6) is 0 Å². The normalized spacial score (nSPS) is 12.8. The Balaban J connectivity index is 1.49. The van der Waals surface area contributed by atoms with Crippen molar-refractivity contribution < 1.29 is 4.74 Å². The van der Waals surface area contributed by atoms with E-state index in [4.69, 9.17) is 4.74 Å². The molecule has 1 nitrogen and oxygen atoms in total. The molecule has 0 aromatic heterocycles. The van der Waals surface area contributed by atoms with E-state index in [1.807, 2.05) is 0 Å². The minimum absolute atomic E-state index is 0.680. The Hall–Kier alpha value is -2.29. The zero-order valence-corrected chi connectivity index (χ0v) is 37.9. The second-order valence-electron chi connectivity index (χ2n) is 19.0. The molecule has 5 heteroatoms. The molecule has 0 saturated heterocycles. The summed E-state index contributed by atoms with van der Waals surface area (Å²) in [7, 11) is -5.52. The van der Waals surface area contributed by atoms with Crippen LogP contribution in [-0.4, -0.2) is 38.9 Å². The molecule has 270 valence electrons. The average molecular weight is 737 g/mol. The standard InChI is InChI=1S/C45H68OSi4/c1-47(2,3)42-29-39(30-43(33-42)48(4,5)6)22-16-20-37-26-38(28-41(27-37)24-25-46-35-36-18-14-13-15-19-36)21-17-23-40-31-44(49(7,8)9)34-45(32-40)50(10,11)12/h13-15,18-19,26-34H,16-17,20-25,35H2,1-12H3. The first-order valence-electron chi connectivity index (χ1n) is 19.3. The molecule has 0 N–H and O–H groups in total. The van der Waals surface area contributed by atoms with Gasteiger partial charge in [-0.3, -0.25) is 0 Å². The molecule has 0 aliphatic rings. The molecule has 0 saturated carbocycles. The molecule has 4 aromatic carbocycles. The SMILES string of the molecule is C[Si](C)(C)c1cc(CCCc2cc(CCCc3cc([Si](C)(C)C)cc([Si](C)(C)C)c3)cc(CCOCc3ccccc3)c2)cc([Si](C)(C)C)c1. The van der Waals surface area contributed by atoms with Crippen LogP contribution >= 0.6 is 0 Å². The summed E-state index contributed by atoms with van der Waals surface area (Å²) in [4.78, 5) is 0. The fourth-order valence-electron chi connectivity index (χ4n) is 6.62. The van der Waals surface area contributed by atoms with Crippen molar-refractivity contribution in [2.24, 2.45) is 0 Å². The number of ether oxygens (including phenoxy) is 1. The summed E-state index contributed by atoms with van der Waals surface area (Å²) in [6, 6.07) is 33.3. The van der Waals surface area contributed by atoms with Gasteiger partial charge in [-0.2, -0.15) is 0 Å². The summed E-state index contributed by atoms with van der Waals surface area (Å²) < 4.78 is 6.15. The molecule has 0 spiro atoms. The van der Waals surface area contributed by atoms with Gasteiger partial charge in [0.2, 0.25) is 0 Å². The van der Waals surface area contributed by atoms with Gasteiger partial charge in [0.15, 0.2) is 0 Å². The van der Waals surface area contributed by atoms with Crippen molar-refractivity contribution in [3.63, 3.8) is 0 Å². The molecule has 0 bridgehead atoms. The number of hydrogen-bond donors (Lipinski definition) is 0. The minimum Gasteiger partial charge on any atom is -0.376 e. The van der Waals surface area contributed by atoms with E-state index in [0.717, 1.165) is 38.7 Å². The molecular formula is C45H68OSi4. The fourth-order valence-corrected chi connectivity index (χ4v) is 11.7. The molecule has 0 unspecified atom stereocenters. The minimum atomic E-state index is -1.38. The van der Waals surface area contributed by atoms with Crippen LogP contribution in [0, 0.1) is 0 Å². The second kappa shape index (κ2) is 17.0. The lowest BCUT2D eigenvalue weighted by molar-refractivity contribution is 0.124. The average Bonchev–Trinajstić information content (AvgIpc) is 3.02. The summed E-state index contributed by atoms with van der Waals surface area (Å²) in [5.74, 6) is 0. The van der Waals surface area contributed by atoms with E-state index < -0.39 is 32.3 Å². The summed E-state index contributed by atoms with van der Waals surface area (Å²) in [5.41, 5.74) is 8.75. The van der Waals surface area contributed by atoms with Gasteiger partial charge in [0.25, 0.3) is 0 Å². The quantitative estimate of drug-likeness (QED) is 0.0775. The van der Waals surface area contributed by atoms with Crippen LogP contribution in [0.3, 0.4) is 0 Å². The van der Waals surface area contributed by atoms with Crippen LogP contribution in [0.4, 0.5) is 0 Å². The monoisotopic (exact) mass is 736 g/mol. The Morgan fingerprint density at radius 1 is 0.360 bits per heavy atom. The van der Waals surface area contributed by atoms with Crippen molar-refractivity contribution in [2.75, 3.05) is 6.61 Å². The lowest BCUT2D eigenvalue weighted by atomic mass is 9.96. The molecular weight excluding hydrogens is 669 g/mol. The van der Waals surface area contributed by atoms with Gasteiger partial charge >= 0.3 is 0 Å². The van der Waals surface area contributed by atoms with Gasteiger partial charge in [-0.05, 0) is 78.3 Å². The summed E-state index contributed by atoms with van der Waals surface area (Å²) in [6.07, 6.45) is 7.91. The molecule has 4 aromatic rings. The number of rotatable bonds is 17. The number of benzene rings is 4. The third kappa shape index (κ3) is 12.7. The predicted molar refractivity (Wildman–Crippen MR) is 235 cm³/mol. The van der Waals surface area contributed by atoms with E-state index in [1.54, 1.807) is 31.9 Å². The second-order valence-corrected chi connectivity index (χ2v) is 39.3. The van der Waals surface area contributed by atoms with Gasteiger partial charge in [-0.1, -0.05) is 184 Å². The summed E-state index contributed by atoms with van der Waals surface area (Å²) in [6.45, 7) is 31.3. The molecule has 0 aliphatic carbocycles. The molecule has 0 fully saturated rings. The van der Waals surface area contributed by atoms with E-state index in [2.05, 4.69) is 163 Å². The van der Waals surface area contributed by atoms with Crippen molar-refractivity contribution in [1.29, 1.82) is 0 Å². The molecule has 50 heavy (non-hydrogen) atoms. The highest BCUT2D eigenvalue weighted by Gasteiger charge is 2.24. The molecule has 0 heterocycles. The van der Waals surface area contributed by atoms with E-state index in [0.29, 0.717) is 6.61 Å². The Labute approximate surface area is 311 Å². The van der Waals surface area contributed by atoms with Crippen molar-refractivity contribution in [3.05, 3.63) is 118 Å². The first kappa shape index (κ1) is 40.5. The van der Waals surface area contributed by atoms with E-state index in [9.17, 15) is 0 Å². The van der Waals surface area contributed by atoms with Crippen LogP contribution in [0.2, 0.25) is 78.6 Å². The zero-order valence-electron chi connectivity index (χ0n) is 33.9. The van der Waals surface area contributed by atoms with Crippen LogP contribution < -0.4 is 20.7 Å². The van der Waals surface area contributed by atoms with Crippen molar-refractivity contribution in [1.82, 2.24) is 0 Å². The maximum absolute atomic E-state index is 6.15. The van der Waals surface area contributed by atoms with Gasteiger partial charge in [-0.15, -0.1) is 0 Å². The topological polar surface area (TPSA) is 9.23 Å². The van der Waals surface area contributed by atoms with Gasteiger partial charge in [0.1, 0.15) is 0 Å². The maximum Gasteiger partial charge on any atom is 0.0775 e. The van der Waals surface area contributed by atoms with Gasteiger partial charge < -0.3 is 4.74 Å². The van der Waals surface area contributed by atoms with Crippen LogP contribution in [0.25, 0.3) is 0 Å². The van der Waals surface area contributed by atoms with Gasteiger partial charge in [0.05, 0.1) is 45.5 Å². The van der Waals surface area contributed by atoms with Gasteiger partial charge in [-0.25, -0.2) is 0 Å². The van der Waals surface area contributed by atoms with E-state index in [1.165, 1.54) is 35.1 Å². The van der Waals surface area contributed by atoms with Crippen LogP contribution in [0.15, 0.2) is 84.9 Å². The Kier molecular flexibility index (Phi) is 13.8. The van der Waals surface area contributed by atoms with Crippen LogP contribution in [-0.2, 0) is 43.4 Å². The highest BCUT2D eigenvalue weighted by atomic mass is 28.3. The van der Waals surface area contributed by atoms with Crippen LogP contribution in [0.1, 0.15) is 46.2 Å². The maximum atomic E-state index is 6.15. The van der Waals surface area contributed by atoms with E-state index >= 15 is 0 Å². The highest BCUT2D eigenvalue weighted by Crippen LogP contribution is 2.19. The largest absolute Gasteiger partial charge is 0.376 e. The third-order valence-electron chi connectivity index (χ3n) is 10.1. The highest BCUT2D eigenvalue weighted by molar-refractivity contribution is 6.92. The molecule has 4 rings (SSSR count). The summed E-state index contributed by atoms with van der Waals surface area (Å²) in [5, 5.41) is 6.50. The molecule has 0 amide bonds. The summed E-state index contributed by atoms with van der Waals surface area (Å²) >= 11 is 0. The smallest absolute Gasteiger partial charge is 0.0775 e. The first-order valence-corrected chi connectivity index (χ1v) is 33.3.